The molecule has 2 unspecified atom stereocenters. The highest BCUT2D eigenvalue weighted by atomic mass is 19.3. The number of hydrogen-bond donors (Lipinski definition) is 3. The number of aromatic nitrogens is 2. The average Bonchev–Trinajstić information content (AvgIpc) is 3.33. The molecular weight excluding hydrogens is 350 g/mol. The van der Waals surface area contributed by atoms with Crippen LogP contribution < -0.4 is 11.1 Å². The fraction of sp³-hybridized carbons (Fsp3) is 0.688. The highest BCUT2D eigenvalue weighted by molar-refractivity contribution is 5.85. The number of nitrogens with zero attached hydrogens (tertiary/aromatic N) is 2. The summed E-state index contributed by atoms with van der Waals surface area (Å²) in [6.45, 7) is 1.72. The number of nitrogens with one attached hydrogen (secondary N) is 1. The van der Waals surface area contributed by atoms with Crippen molar-refractivity contribution in [3.05, 3.63) is 18.1 Å². The quantitative estimate of drug-likeness (QED) is 0.537. The van der Waals surface area contributed by atoms with E-state index in [4.69, 9.17) is 10.3 Å². The topological polar surface area (TPSA) is 131 Å². The average molecular weight is 373 g/mol. The number of alkyl halides is 2. The van der Waals surface area contributed by atoms with Crippen molar-refractivity contribution in [2.75, 3.05) is 0 Å². The maximum absolute atomic E-state index is 13.6. The molecule has 1 aromatic heterocycles. The predicted octanol–water partition coefficient (Wildman–Crippen LogP) is 1.37. The van der Waals surface area contributed by atoms with Crippen molar-refractivity contribution in [3.8, 4) is 0 Å². The lowest BCUT2D eigenvalue weighted by Gasteiger charge is -2.21. The van der Waals surface area contributed by atoms with Gasteiger partial charge < -0.3 is 20.7 Å². The molecule has 145 valence electrons. The maximum atomic E-state index is 13.6. The van der Waals surface area contributed by atoms with Crippen molar-refractivity contribution in [1.82, 2.24) is 15.5 Å². The molecule has 1 aliphatic rings. The van der Waals surface area contributed by atoms with E-state index in [-0.39, 0.29) is 11.8 Å². The summed E-state index contributed by atoms with van der Waals surface area (Å²) >= 11 is 0. The van der Waals surface area contributed by atoms with Crippen molar-refractivity contribution in [2.45, 2.75) is 69.4 Å². The Morgan fingerprint density at radius 3 is 2.77 bits per heavy atom. The summed E-state index contributed by atoms with van der Waals surface area (Å²) in [5, 5.41) is 16.5. The first-order chi connectivity index (χ1) is 12.2. The van der Waals surface area contributed by atoms with Gasteiger partial charge in [-0.3, -0.25) is 9.59 Å². The zero-order chi connectivity index (χ0) is 19.3. The normalized spacial score (nSPS) is 16.9. The first kappa shape index (κ1) is 20.2. The molecule has 2 atom stereocenters. The zero-order valence-corrected chi connectivity index (χ0v) is 14.5. The number of halogens is 2. The van der Waals surface area contributed by atoms with Crippen LogP contribution >= 0.6 is 0 Å². The molecule has 1 radical (unpaired) electrons. The van der Waals surface area contributed by atoms with Gasteiger partial charge in [0.1, 0.15) is 0 Å². The van der Waals surface area contributed by atoms with Crippen molar-refractivity contribution in [3.63, 3.8) is 0 Å². The van der Waals surface area contributed by atoms with Crippen LogP contribution in [0.2, 0.25) is 0 Å². The number of carbonyl (C=O) groups excluding carboxylic acids is 2. The van der Waals surface area contributed by atoms with E-state index in [1.54, 1.807) is 6.92 Å². The van der Waals surface area contributed by atoms with E-state index in [1.165, 1.54) is 0 Å². The Hall–Kier alpha value is -2.10. The van der Waals surface area contributed by atoms with Crippen LogP contribution in [0.4, 0.5) is 8.78 Å². The third-order valence-corrected chi connectivity index (χ3v) is 4.12. The summed E-state index contributed by atoms with van der Waals surface area (Å²) in [7, 11) is 0. The van der Waals surface area contributed by atoms with E-state index in [0.717, 1.165) is 19.3 Å². The van der Waals surface area contributed by atoms with Crippen LogP contribution in [-0.4, -0.2) is 39.0 Å². The Bertz CT molecular complexity index is 634. The first-order valence-electron chi connectivity index (χ1n) is 8.53. The molecule has 0 bridgehead atoms. The monoisotopic (exact) mass is 373 g/mol. The van der Waals surface area contributed by atoms with Crippen LogP contribution in [0.15, 0.2) is 4.52 Å². The number of primary amides is 1. The largest absolute Gasteiger partial charge is 0.381 e. The Balaban J connectivity index is 1.83. The summed E-state index contributed by atoms with van der Waals surface area (Å²) in [4.78, 5) is 26.6. The summed E-state index contributed by atoms with van der Waals surface area (Å²) in [5.74, 6) is -4.01. The summed E-state index contributed by atoms with van der Waals surface area (Å²) in [6.07, 6.45) is -0.168. The molecule has 1 aliphatic carbocycles. The van der Waals surface area contributed by atoms with Crippen LogP contribution in [0.5, 0.6) is 0 Å². The lowest BCUT2D eigenvalue weighted by molar-refractivity contribution is -0.121. The molecule has 4 N–H and O–H groups in total. The minimum atomic E-state index is -3.21. The second-order valence-electron chi connectivity index (χ2n) is 6.46. The summed E-state index contributed by atoms with van der Waals surface area (Å²) in [6, 6.07) is -0.759. The van der Waals surface area contributed by atoms with Crippen molar-refractivity contribution in [2.24, 2.45) is 5.73 Å². The molecule has 2 rings (SSSR count). The highest BCUT2D eigenvalue weighted by Crippen LogP contribution is 2.38. The van der Waals surface area contributed by atoms with E-state index < -0.39 is 49.1 Å². The number of carbonyl (C=O) groups is 2. The molecule has 1 fully saturated rings. The zero-order valence-electron chi connectivity index (χ0n) is 14.5. The second-order valence-corrected chi connectivity index (χ2v) is 6.46. The van der Waals surface area contributed by atoms with Gasteiger partial charge in [-0.15, -0.1) is 0 Å². The van der Waals surface area contributed by atoms with Gasteiger partial charge in [0.2, 0.25) is 17.7 Å². The van der Waals surface area contributed by atoms with Crippen LogP contribution in [0, 0.1) is 6.42 Å². The van der Waals surface area contributed by atoms with E-state index in [0.29, 0.717) is 12.2 Å². The number of nitrogens with two attached hydrogens (primary N) is 1. The third-order valence-electron chi connectivity index (χ3n) is 4.12. The Morgan fingerprint density at radius 2 is 2.19 bits per heavy atom. The number of rotatable bonds is 11. The van der Waals surface area contributed by atoms with E-state index in [9.17, 15) is 23.5 Å². The minimum absolute atomic E-state index is 0.00848. The summed E-state index contributed by atoms with van der Waals surface area (Å²) in [5.41, 5.74) is 4.84. The lowest BCUT2D eigenvalue weighted by Crippen LogP contribution is -2.39. The molecule has 10 heteroatoms. The molecule has 1 saturated carbocycles. The van der Waals surface area contributed by atoms with Gasteiger partial charge in [0.15, 0.2) is 11.9 Å². The molecule has 1 heterocycles. The molecule has 0 spiro atoms. The van der Waals surface area contributed by atoms with E-state index in [1.807, 2.05) is 0 Å². The standard InChI is InChI=1S/C16H23F2N4O4/c1-2-10(13(25)15-21-14(22-26-15)9-3-4-9)20-12(24)6-8-16(17,18)7-5-11(19)23/h6,9-10,13,25H,2-5,7-8H2,1H3,(H2,19,23)(H,20,24). The fourth-order valence-corrected chi connectivity index (χ4v) is 2.34. The van der Waals surface area contributed by atoms with Gasteiger partial charge in [0, 0.05) is 25.2 Å². The molecule has 26 heavy (non-hydrogen) atoms. The second kappa shape index (κ2) is 8.52. The van der Waals surface area contributed by atoms with Gasteiger partial charge in [0.25, 0.3) is 5.89 Å². The minimum Gasteiger partial charge on any atom is -0.381 e. The van der Waals surface area contributed by atoms with Crippen molar-refractivity contribution in [1.29, 1.82) is 0 Å². The molecule has 0 aromatic carbocycles. The summed E-state index contributed by atoms with van der Waals surface area (Å²) < 4.78 is 32.2. The van der Waals surface area contributed by atoms with Gasteiger partial charge in [-0.2, -0.15) is 4.98 Å². The van der Waals surface area contributed by atoms with Gasteiger partial charge in [0.05, 0.1) is 12.5 Å². The van der Waals surface area contributed by atoms with Gasteiger partial charge >= 0.3 is 0 Å². The fourth-order valence-electron chi connectivity index (χ4n) is 2.34. The number of aliphatic hydroxyl groups excluding tert-OH is 1. The van der Waals surface area contributed by atoms with Crippen molar-refractivity contribution >= 4 is 11.8 Å². The van der Waals surface area contributed by atoms with E-state index in [2.05, 4.69) is 15.5 Å². The SMILES string of the molecule is CCC(NC(=O)[CH]CC(F)(F)CCC(N)=O)C(O)c1nc(C2CC2)no1. The molecule has 0 saturated heterocycles. The van der Waals surface area contributed by atoms with Gasteiger partial charge in [-0.25, -0.2) is 8.78 Å². The molecule has 2 amide bonds. The van der Waals surface area contributed by atoms with Crippen LogP contribution in [0.3, 0.4) is 0 Å². The smallest absolute Gasteiger partial charge is 0.257 e. The third kappa shape index (κ3) is 6.01. The van der Waals surface area contributed by atoms with Crippen LogP contribution in [0.25, 0.3) is 0 Å². The van der Waals surface area contributed by atoms with Crippen LogP contribution in [0.1, 0.15) is 69.2 Å². The molecule has 1 aromatic rings. The number of amides is 2. The lowest BCUT2D eigenvalue weighted by atomic mass is 10.1. The number of aliphatic hydroxyl groups is 1. The van der Waals surface area contributed by atoms with Gasteiger partial charge in [-0.1, -0.05) is 12.1 Å². The van der Waals surface area contributed by atoms with E-state index >= 15 is 0 Å². The van der Waals surface area contributed by atoms with Crippen molar-refractivity contribution < 1.29 is 28.0 Å². The Kier molecular flexibility index (Phi) is 6.63. The predicted molar refractivity (Wildman–Crippen MR) is 85.7 cm³/mol. The van der Waals surface area contributed by atoms with Crippen LogP contribution in [-0.2, 0) is 9.59 Å². The highest BCUT2D eigenvalue weighted by Gasteiger charge is 2.33. The first-order valence-corrected chi connectivity index (χ1v) is 8.53. The molecule has 8 nitrogen and oxygen atoms in total. The van der Waals surface area contributed by atoms with Gasteiger partial charge in [-0.05, 0) is 19.3 Å². The Morgan fingerprint density at radius 1 is 1.50 bits per heavy atom. The molecular formula is C16H23F2N4O4. The number of hydrogen-bond acceptors (Lipinski definition) is 6. The maximum Gasteiger partial charge on any atom is 0.257 e. The molecule has 0 aliphatic heterocycles. The Labute approximate surface area is 149 Å².